The Balaban J connectivity index is 1.38. The highest BCUT2D eigenvalue weighted by Gasteiger charge is 2.20. The summed E-state index contributed by atoms with van der Waals surface area (Å²) in [5, 5.41) is 4.89. The standard InChI is InChI=1S/C23H28N4O2S/c28-20(24-13-7-10-18-8-3-1-4-9-18)11-16-27-22(29)21-19(12-17-30-21)25-23(27)26-14-5-2-6-15-26/h1,3-4,8-9,12,17H,2,5-7,10-11,13-16H2,(H,24,28). The largest absolute Gasteiger partial charge is 0.356 e. The number of fused-ring (bicyclic) bond motifs is 1. The molecule has 7 heteroatoms. The number of thiophene rings is 1. The quantitative estimate of drug-likeness (QED) is 0.561. The van der Waals surface area contributed by atoms with Crippen LogP contribution < -0.4 is 15.8 Å². The lowest BCUT2D eigenvalue weighted by atomic mass is 10.1. The van der Waals surface area contributed by atoms with Gasteiger partial charge in [0.2, 0.25) is 11.9 Å². The Hall–Kier alpha value is -2.67. The fourth-order valence-corrected chi connectivity index (χ4v) is 4.71. The molecular weight excluding hydrogens is 396 g/mol. The van der Waals surface area contributed by atoms with Gasteiger partial charge in [-0.3, -0.25) is 14.2 Å². The van der Waals surface area contributed by atoms with Gasteiger partial charge in [-0.1, -0.05) is 30.3 Å². The zero-order valence-corrected chi connectivity index (χ0v) is 18.0. The Labute approximate surface area is 180 Å². The molecule has 1 aromatic carbocycles. The second-order valence-electron chi connectivity index (χ2n) is 7.74. The van der Waals surface area contributed by atoms with E-state index in [1.54, 1.807) is 4.57 Å². The first-order chi connectivity index (χ1) is 14.7. The predicted molar refractivity (Wildman–Crippen MR) is 122 cm³/mol. The van der Waals surface area contributed by atoms with E-state index in [0.29, 0.717) is 23.7 Å². The lowest BCUT2D eigenvalue weighted by Gasteiger charge is -2.29. The Morgan fingerprint density at radius 1 is 1.10 bits per heavy atom. The molecule has 0 saturated carbocycles. The first-order valence-electron chi connectivity index (χ1n) is 10.8. The first-order valence-corrected chi connectivity index (χ1v) is 11.6. The van der Waals surface area contributed by atoms with Crippen LogP contribution in [0.25, 0.3) is 10.2 Å². The van der Waals surface area contributed by atoms with E-state index >= 15 is 0 Å². The highest BCUT2D eigenvalue weighted by molar-refractivity contribution is 7.17. The minimum Gasteiger partial charge on any atom is -0.356 e. The number of piperidine rings is 1. The molecule has 1 amide bonds. The third kappa shape index (κ3) is 4.90. The molecule has 6 nitrogen and oxygen atoms in total. The molecule has 158 valence electrons. The fraction of sp³-hybridized carbons (Fsp3) is 0.435. The molecule has 4 rings (SSSR count). The summed E-state index contributed by atoms with van der Waals surface area (Å²) in [6.45, 7) is 2.82. The number of nitrogens with zero attached hydrogens (tertiary/aromatic N) is 3. The van der Waals surface area contributed by atoms with Crippen LogP contribution in [-0.4, -0.2) is 35.1 Å². The average Bonchev–Trinajstić information content (AvgIpc) is 3.26. The van der Waals surface area contributed by atoms with E-state index in [0.717, 1.165) is 44.3 Å². The van der Waals surface area contributed by atoms with Gasteiger partial charge in [0.05, 0.1) is 5.52 Å². The molecule has 0 aliphatic carbocycles. The van der Waals surface area contributed by atoms with Crippen LogP contribution >= 0.6 is 11.3 Å². The molecule has 1 fully saturated rings. The number of rotatable bonds is 8. The highest BCUT2D eigenvalue weighted by atomic mass is 32.1. The van der Waals surface area contributed by atoms with Crippen LogP contribution in [0.15, 0.2) is 46.6 Å². The zero-order chi connectivity index (χ0) is 20.8. The van der Waals surface area contributed by atoms with Crippen LogP contribution in [-0.2, 0) is 17.8 Å². The van der Waals surface area contributed by atoms with E-state index in [4.69, 9.17) is 4.98 Å². The molecular formula is C23H28N4O2S. The second kappa shape index (κ2) is 9.89. The maximum Gasteiger partial charge on any atom is 0.272 e. The maximum atomic E-state index is 13.1. The number of amides is 1. The Bertz CT molecular complexity index is 1040. The van der Waals surface area contributed by atoms with Gasteiger partial charge < -0.3 is 10.2 Å². The van der Waals surface area contributed by atoms with Gasteiger partial charge in [0, 0.05) is 32.6 Å². The number of carbonyl (C=O) groups excluding carboxylic acids is 1. The van der Waals surface area contributed by atoms with E-state index in [-0.39, 0.29) is 17.9 Å². The molecule has 1 aliphatic rings. The molecule has 1 N–H and O–H groups in total. The molecule has 1 aliphatic heterocycles. The molecule has 2 aromatic heterocycles. The van der Waals surface area contributed by atoms with Crippen molar-refractivity contribution >= 4 is 33.4 Å². The fourth-order valence-electron chi connectivity index (χ4n) is 3.94. The summed E-state index contributed by atoms with van der Waals surface area (Å²) in [7, 11) is 0. The smallest absolute Gasteiger partial charge is 0.272 e. The lowest BCUT2D eigenvalue weighted by molar-refractivity contribution is -0.121. The number of benzene rings is 1. The van der Waals surface area contributed by atoms with Gasteiger partial charge in [-0.25, -0.2) is 4.98 Å². The van der Waals surface area contributed by atoms with Gasteiger partial charge in [-0.15, -0.1) is 11.3 Å². The summed E-state index contributed by atoms with van der Waals surface area (Å²) >= 11 is 1.42. The minimum atomic E-state index is -0.0348. The van der Waals surface area contributed by atoms with E-state index in [1.165, 1.54) is 23.3 Å². The number of anilines is 1. The van der Waals surface area contributed by atoms with Crippen molar-refractivity contribution < 1.29 is 4.79 Å². The summed E-state index contributed by atoms with van der Waals surface area (Å²) in [4.78, 5) is 32.4. The Kier molecular flexibility index (Phi) is 6.79. The monoisotopic (exact) mass is 424 g/mol. The summed E-state index contributed by atoms with van der Waals surface area (Å²) in [6.07, 6.45) is 5.56. The molecule has 30 heavy (non-hydrogen) atoms. The predicted octanol–water partition coefficient (Wildman–Crippen LogP) is 3.59. The minimum absolute atomic E-state index is 0.0224. The van der Waals surface area contributed by atoms with Gasteiger partial charge in [0.1, 0.15) is 4.70 Å². The molecule has 1 saturated heterocycles. The first kappa shape index (κ1) is 20.6. The highest BCUT2D eigenvalue weighted by Crippen LogP contribution is 2.22. The van der Waals surface area contributed by atoms with Crippen molar-refractivity contribution in [1.29, 1.82) is 0 Å². The number of aromatic nitrogens is 2. The van der Waals surface area contributed by atoms with Crippen LogP contribution in [0, 0.1) is 0 Å². The van der Waals surface area contributed by atoms with Crippen LogP contribution in [0.4, 0.5) is 5.95 Å². The van der Waals surface area contributed by atoms with Crippen molar-refractivity contribution in [3.8, 4) is 0 Å². The Morgan fingerprint density at radius 2 is 1.90 bits per heavy atom. The molecule has 0 unspecified atom stereocenters. The third-order valence-corrected chi connectivity index (χ3v) is 6.45. The SMILES string of the molecule is O=C(CCn1c(N2CCCCC2)nc2ccsc2c1=O)NCCCc1ccccc1. The van der Waals surface area contributed by atoms with Crippen molar-refractivity contribution in [3.63, 3.8) is 0 Å². The summed E-state index contributed by atoms with van der Waals surface area (Å²) in [5.41, 5.74) is 2.00. The van der Waals surface area contributed by atoms with E-state index in [1.807, 2.05) is 29.6 Å². The van der Waals surface area contributed by atoms with Gasteiger partial charge in [0.15, 0.2) is 0 Å². The lowest BCUT2D eigenvalue weighted by Crippen LogP contribution is -2.37. The molecule has 0 atom stereocenters. The number of carbonyl (C=O) groups is 1. The molecule has 0 radical (unpaired) electrons. The molecule has 0 spiro atoms. The van der Waals surface area contributed by atoms with Crippen LogP contribution in [0.3, 0.4) is 0 Å². The third-order valence-electron chi connectivity index (χ3n) is 5.55. The van der Waals surface area contributed by atoms with Crippen LogP contribution in [0.5, 0.6) is 0 Å². The van der Waals surface area contributed by atoms with Crippen molar-refractivity contribution in [1.82, 2.24) is 14.9 Å². The van der Waals surface area contributed by atoms with Crippen molar-refractivity contribution in [2.24, 2.45) is 0 Å². The number of hydrogen-bond acceptors (Lipinski definition) is 5. The average molecular weight is 425 g/mol. The van der Waals surface area contributed by atoms with Gasteiger partial charge >= 0.3 is 0 Å². The van der Waals surface area contributed by atoms with Gasteiger partial charge in [0.25, 0.3) is 5.56 Å². The topological polar surface area (TPSA) is 67.2 Å². The van der Waals surface area contributed by atoms with Crippen molar-refractivity contribution in [3.05, 3.63) is 57.7 Å². The maximum absolute atomic E-state index is 13.1. The number of nitrogens with one attached hydrogen (secondary N) is 1. The van der Waals surface area contributed by atoms with E-state index in [2.05, 4.69) is 22.3 Å². The second-order valence-corrected chi connectivity index (χ2v) is 8.66. The molecule has 3 heterocycles. The molecule has 0 bridgehead atoms. The molecule has 3 aromatic rings. The normalized spacial score (nSPS) is 14.2. The van der Waals surface area contributed by atoms with E-state index < -0.39 is 0 Å². The van der Waals surface area contributed by atoms with Crippen molar-refractivity contribution in [2.75, 3.05) is 24.5 Å². The summed E-state index contributed by atoms with van der Waals surface area (Å²) in [6, 6.07) is 12.2. The van der Waals surface area contributed by atoms with E-state index in [9.17, 15) is 9.59 Å². The van der Waals surface area contributed by atoms with Crippen LogP contribution in [0.1, 0.15) is 37.7 Å². The van der Waals surface area contributed by atoms with Crippen LogP contribution in [0.2, 0.25) is 0 Å². The number of hydrogen-bond donors (Lipinski definition) is 1. The zero-order valence-electron chi connectivity index (χ0n) is 17.2. The Morgan fingerprint density at radius 3 is 2.70 bits per heavy atom. The summed E-state index contributed by atoms with van der Waals surface area (Å²) < 4.78 is 2.37. The van der Waals surface area contributed by atoms with Gasteiger partial charge in [-0.2, -0.15) is 0 Å². The van der Waals surface area contributed by atoms with Crippen molar-refractivity contribution in [2.45, 2.75) is 45.1 Å². The van der Waals surface area contributed by atoms with Gasteiger partial charge in [-0.05, 0) is 49.1 Å². The number of aryl methyl sites for hydroxylation is 1. The summed E-state index contributed by atoms with van der Waals surface area (Å²) in [5.74, 6) is 0.688.